The van der Waals surface area contributed by atoms with Crippen molar-refractivity contribution in [3.05, 3.63) is 48.5 Å². The Bertz CT molecular complexity index is 1290. The molecule has 3 amide bonds. The molecule has 224 valence electrons. The number of ether oxygens (including phenoxy) is 1. The van der Waals surface area contributed by atoms with E-state index in [1.165, 1.54) is 5.69 Å². The number of nitrogens with two attached hydrogens (primary N) is 1. The van der Waals surface area contributed by atoms with Crippen molar-refractivity contribution in [3.63, 3.8) is 0 Å². The first kappa shape index (κ1) is 27.5. The second-order valence-electron chi connectivity index (χ2n) is 13.2. The Balaban J connectivity index is 1.03. The first-order valence-electron chi connectivity index (χ1n) is 15.7. The fourth-order valence-electron chi connectivity index (χ4n) is 8.92. The Morgan fingerprint density at radius 3 is 2.21 bits per heavy atom. The Morgan fingerprint density at radius 2 is 1.55 bits per heavy atom. The van der Waals surface area contributed by atoms with Gasteiger partial charge in [0.05, 0.1) is 18.0 Å². The molecular formula is C33H44N6O3. The van der Waals surface area contributed by atoms with E-state index in [1.54, 1.807) is 7.11 Å². The number of anilines is 4. The molecule has 2 aromatic carbocycles. The Hall–Kier alpha value is -3.30. The third kappa shape index (κ3) is 4.90. The summed E-state index contributed by atoms with van der Waals surface area (Å²) in [4.78, 5) is 35.3. The zero-order chi connectivity index (χ0) is 28.8. The number of carbonyl (C=O) groups is 2. The first-order chi connectivity index (χ1) is 20.4. The first-order valence-corrected chi connectivity index (χ1v) is 15.7. The number of carbonyl (C=O) groups excluding carboxylic acids is 2. The number of rotatable bonds is 7. The number of nitrogens with one attached hydrogen (secondary N) is 1. The van der Waals surface area contributed by atoms with Gasteiger partial charge in [-0.15, -0.1) is 0 Å². The van der Waals surface area contributed by atoms with E-state index in [0.29, 0.717) is 24.3 Å². The minimum atomic E-state index is -0.343. The number of fused-ring (bicyclic) bond motifs is 1. The molecule has 6 aliphatic rings. The molecule has 3 unspecified atom stereocenters. The maximum Gasteiger partial charge on any atom is 0.322 e. The van der Waals surface area contributed by atoms with Gasteiger partial charge in [-0.05, 0) is 86.3 Å². The SMILES string of the molecule is COCCN1CCN(c2ccc(N3CCN(C(=O)NC4[C@@H]5CC6C[C@H]4CC(C(N)=O)(C6)C5)c4ccccc43)cc2)CC1. The fraction of sp³-hybridized carbons (Fsp3) is 0.576. The predicted molar refractivity (Wildman–Crippen MR) is 165 cm³/mol. The van der Waals surface area contributed by atoms with Crippen molar-refractivity contribution in [2.24, 2.45) is 28.9 Å². The van der Waals surface area contributed by atoms with Crippen molar-refractivity contribution >= 4 is 34.7 Å². The summed E-state index contributed by atoms with van der Waals surface area (Å²) in [6.07, 6.45) is 4.78. The highest BCUT2D eigenvalue weighted by atomic mass is 16.5. The number of urea groups is 1. The summed E-state index contributed by atoms with van der Waals surface area (Å²) >= 11 is 0. The second-order valence-corrected chi connectivity index (χ2v) is 13.2. The average molecular weight is 573 g/mol. The number of nitrogens with zero attached hydrogens (tertiary/aromatic N) is 4. The smallest absolute Gasteiger partial charge is 0.322 e. The lowest BCUT2D eigenvalue weighted by molar-refractivity contribution is -0.145. The highest BCUT2D eigenvalue weighted by Gasteiger charge is 2.58. The molecule has 1 saturated heterocycles. The van der Waals surface area contributed by atoms with Crippen molar-refractivity contribution in [2.75, 3.05) is 74.2 Å². The van der Waals surface area contributed by atoms with Crippen LogP contribution in [0, 0.1) is 23.2 Å². The van der Waals surface area contributed by atoms with E-state index < -0.39 is 0 Å². The van der Waals surface area contributed by atoms with Crippen LogP contribution in [0.4, 0.5) is 27.5 Å². The molecule has 5 fully saturated rings. The zero-order valence-corrected chi connectivity index (χ0v) is 24.7. The van der Waals surface area contributed by atoms with Gasteiger partial charge in [0, 0.05) is 75.8 Å². The Kier molecular flexibility index (Phi) is 7.26. The number of hydrogen-bond donors (Lipinski definition) is 2. The van der Waals surface area contributed by atoms with Crippen molar-refractivity contribution < 1.29 is 14.3 Å². The van der Waals surface area contributed by atoms with Crippen LogP contribution in [0.15, 0.2) is 48.5 Å². The molecule has 4 saturated carbocycles. The van der Waals surface area contributed by atoms with Gasteiger partial charge in [0.25, 0.3) is 0 Å². The van der Waals surface area contributed by atoms with Crippen LogP contribution in [-0.2, 0) is 9.53 Å². The summed E-state index contributed by atoms with van der Waals surface area (Å²) in [5, 5.41) is 3.44. The summed E-state index contributed by atoms with van der Waals surface area (Å²) in [6, 6.07) is 17.2. The fourth-order valence-corrected chi connectivity index (χ4v) is 8.92. The van der Waals surface area contributed by atoms with Gasteiger partial charge in [0.15, 0.2) is 0 Å². The summed E-state index contributed by atoms with van der Waals surface area (Å²) < 4.78 is 5.24. The van der Waals surface area contributed by atoms with E-state index in [0.717, 1.165) is 95.0 Å². The molecule has 0 radical (unpaired) electrons. The third-order valence-corrected chi connectivity index (χ3v) is 10.9. The van der Waals surface area contributed by atoms with Crippen LogP contribution >= 0.6 is 0 Å². The maximum atomic E-state index is 13.8. The van der Waals surface area contributed by atoms with Gasteiger partial charge in [0.2, 0.25) is 5.91 Å². The second kappa shape index (κ2) is 11.1. The molecule has 2 aromatic rings. The van der Waals surface area contributed by atoms with E-state index >= 15 is 0 Å². The van der Waals surface area contributed by atoms with Gasteiger partial charge in [-0.1, -0.05) is 12.1 Å². The molecule has 4 bridgehead atoms. The van der Waals surface area contributed by atoms with Gasteiger partial charge in [0.1, 0.15) is 0 Å². The molecular weight excluding hydrogens is 528 g/mol. The molecule has 42 heavy (non-hydrogen) atoms. The molecule has 8 rings (SSSR count). The Morgan fingerprint density at radius 1 is 0.881 bits per heavy atom. The van der Waals surface area contributed by atoms with Gasteiger partial charge in [-0.25, -0.2) is 4.79 Å². The van der Waals surface area contributed by atoms with Gasteiger partial charge >= 0.3 is 6.03 Å². The summed E-state index contributed by atoms with van der Waals surface area (Å²) in [7, 11) is 1.76. The number of piperazine rings is 1. The number of benzene rings is 2. The van der Waals surface area contributed by atoms with E-state index in [9.17, 15) is 9.59 Å². The number of para-hydroxylation sites is 2. The highest BCUT2D eigenvalue weighted by Crippen LogP contribution is 2.60. The standard InChI is InChI=1S/C33H44N6O3/c1-42-17-16-36-10-12-37(13-11-36)26-6-8-27(9-7-26)38-14-15-39(29-5-3-2-4-28(29)38)32(41)35-30-24-18-23-19-25(30)22-33(20-23,21-24)31(34)40/h2-9,23-25,30H,10-22H2,1H3,(H2,34,40)(H,35,41)/t23?,24-,25+,30?,33?. The van der Waals surface area contributed by atoms with Crippen LogP contribution in [0.2, 0.25) is 0 Å². The highest BCUT2D eigenvalue weighted by molar-refractivity contribution is 5.98. The predicted octanol–water partition coefficient (Wildman–Crippen LogP) is 3.80. The van der Waals surface area contributed by atoms with Gasteiger partial charge in [-0.2, -0.15) is 0 Å². The van der Waals surface area contributed by atoms with Gasteiger partial charge in [-0.3, -0.25) is 14.6 Å². The number of hydrogen-bond acceptors (Lipinski definition) is 6. The molecule has 4 aliphatic carbocycles. The monoisotopic (exact) mass is 572 g/mol. The molecule has 3 N–H and O–H groups in total. The quantitative estimate of drug-likeness (QED) is 0.524. The molecule has 9 heteroatoms. The lowest BCUT2D eigenvalue weighted by Gasteiger charge is -2.59. The summed E-state index contributed by atoms with van der Waals surface area (Å²) in [5.41, 5.74) is 9.93. The summed E-state index contributed by atoms with van der Waals surface area (Å²) in [5.74, 6) is 1.13. The minimum absolute atomic E-state index is 0.0207. The van der Waals surface area contributed by atoms with Crippen LogP contribution in [-0.4, -0.2) is 82.4 Å². The van der Waals surface area contributed by atoms with Crippen LogP contribution in [0.1, 0.15) is 32.1 Å². The number of amides is 3. The van der Waals surface area contributed by atoms with E-state index in [-0.39, 0.29) is 23.4 Å². The molecule has 2 aliphatic heterocycles. The Labute approximate surface area is 248 Å². The van der Waals surface area contributed by atoms with Crippen molar-refractivity contribution in [1.82, 2.24) is 10.2 Å². The van der Waals surface area contributed by atoms with Crippen molar-refractivity contribution in [1.29, 1.82) is 0 Å². The average Bonchev–Trinajstić information content (AvgIpc) is 3.01. The van der Waals surface area contributed by atoms with Crippen molar-refractivity contribution in [2.45, 2.75) is 38.1 Å². The van der Waals surface area contributed by atoms with Crippen LogP contribution in [0.5, 0.6) is 0 Å². The maximum absolute atomic E-state index is 13.8. The topological polar surface area (TPSA) is 94.4 Å². The molecule has 0 aromatic heterocycles. The van der Waals surface area contributed by atoms with E-state index in [4.69, 9.17) is 10.5 Å². The zero-order valence-electron chi connectivity index (χ0n) is 24.7. The number of methoxy groups -OCH3 is 1. The van der Waals surface area contributed by atoms with Crippen LogP contribution < -0.4 is 25.8 Å². The lowest BCUT2D eigenvalue weighted by atomic mass is 9.47. The molecule has 2 heterocycles. The van der Waals surface area contributed by atoms with Gasteiger partial charge < -0.3 is 25.6 Å². The molecule has 0 spiro atoms. The normalized spacial score (nSPS) is 30.4. The molecule has 5 atom stereocenters. The van der Waals surface area contributed by atoms with Crippen molar-refractivity contribution in [3.8, 4) is 0 Å². The number of primary amides is 1. The minimum Gasteiger partial charge on any atom is -0.383 e. The summed E-state index contributed by atoms with van der Waals surface area (Å²) in [6.45, 7) is 7.26. The van der Waals surface area contributed by atoms with E-state index in [1.807, 2.05) is 17.0 Å². The molecule has 9 nitrogen and oxygen atoms in total. The largest absolute Gasteiger partial charge is 0.383 e. The third-order valence-electron chi connectivity index (χ3n) is 10.9. The van der Waals surface area contributed by atoms with Crippen LogP contribution in [0.3, 0.4) is 0 Å². The van der Waals surface area contributed by atoms with Crippen LogP contribution in [0.25, 0.3) is 0 Å². The lowest BCUT2D eigenvalue weighted by Crippen LogP contribution is -2.63. The van der Waals surface area contributed by atoms with E-state index in [2.05, 4.69) is 56.4 Å².